The number of anilines is 2. The standard InChI is InChI=1S/C25H30N4O3S/c1-14(22(31)28-18-9-7-17(8-10-18)27-15(2)30)29-13-26-23-21(24(29)32)19-11-6-16(25(3,4)5)12-20(19)33-23/h7-10,13-14,16H,6,11-12H2,1-5H3,(H,27,30)(H,28,31). The van der Waals surface area contributed by atoms with E-state index in [9.17, 15) is 14.4 Å². The van der Waals surface area contributed by atoms with E-state index in [1.165, 1.54) is 22.7 Å². The third kappa shape index (κ3) is 4.71. The largest absolute Gasteiger partial charge is 0.326 e. The third-order valence-corrected chi connectivity index (χ3v) is 7.65. The summed E-state index contributed by atoms with van der Waals surface area (Å²) in [6, 6.07) is 6.13. The van der Waals surface area contributed by atoms with Gasteiger partial charge in [-0.05, 0) is 67.3 Å². The average Bonchev–Trinajstić information content (AvgIpc) is 3.12. The van der Waals surface area contributed by atoms with Crippen molar-refractivity contribution in [3.63, 3.8) is 0 Å². The Morgan fingerprint density at radius 2 is 1.79 bits per heavy atom. The lowest BCUT2D eigenvalue weighted by Crippen LogP contribution is -2.32. The molecular formula is C25H30N4O3S. The van der Waals surface area contributed by atoms with Gasteiger partial charge in [0.1, 0.15) is 10.9 Å². The van der Waals surface area contributed by atoms with Crippen LogP contribution < -0.4 is 16.2 Å². The van der Waals surface area contributed by atoms with Gasteiger partial charge >= 0.3 is 0 Å². The fourth-order valence-corrected chi connectivity index (χ4v) is 5.67. The lowest BCUT2D eigenvalue weighted by Gasteiger charge is -2.33. The number of fused-ring (bicyclic) bond motifs is 3. The minimum Gasteiger partial charge on any atom is -0.326 e. The highest BCUT2D eigenvalue weighted by Crippen LogP contribution is 2.42. The van der Waals surface area contributed by atoms with E-state index >= 15 is 0 Å². The average molecular weight is 467 g/mol. The summed E-state index contributed by atoms with van der Waals surface area (Å²) >= 11 is 1.62. The molecule has 174 valence electrons. The minimum absolute atomic E-state index is 0.157. The zero-order valence-corrected chi connectivity index (χ0v) is 20.5. The first-order valence-corrected chi connectivity index (χ1v) is 12.1. The molecule has 0 spiro atoms. The molecule has 0 radical (unpaired) electrons. The summed E-state index contributed by atoms with van der Waals surface area (Å²) in [5, 5.41) is 6.20. The van der Waals surface area contributed by atoms with Crippen molar-refractivity contribution in [3.8, 4) is 0 Å². The van der Waals surface area contributed by atoms with E-state index in [0.717, 1.165) is 29.7 Å². The molecule has 2 aromatic heterocycles. The second kappa shape index (κ2) is 8.74. The molecule has 2 unspecified atom stereocenters. The number of nitrogens with one attached hydrogen (secondary N) is 2. The molecule has 7 nitrogen and oxygen atoms in total. The molecule has 0 saturated heterocycles. The SMILES string of the molecule is CC(=O)Nc1ccc(NC(=O)C(C)n2cnc3sc4c(c3c2=O)CCC(C(C)(C)C)C4)cc1. The molecule has 3 aromatic rings. The van der Waals surface area contributed by atoms with Gasteiger partial charge in [-0.2, -0.15) is 0 Å². The van der Waals surface area contributed by atoms with Gasteiger partial charge in [0.2, 0.25) is 11.8 Å². The van der Waals surface area contributed by atoms with E-state index in [2.05, 4.69) is 36.4 Å². The van der Waals surface area contributed by atoms with E-state index in [1.54, 1.807) is 42.5 Å². The van der Waals surface area contributed by atoms with Crippen molar-refractivity contribution in [2.45, 2.75) is 59.9 Å². The number of aromatic nitrogens is 2. The van der Waals surface area contributed by atoms with Crippen molar-refractivity contribution in [3.05, 3.63) is 51.4 Å². The number of benzene rings is 1. The maximum atomic E-state index is 13.4. The maximum absolute atomic E-state index is 13.4. The first-order chi connectivity index (χ1) is 15.5. The molecule has 33 heavy (non-hydrogen) atoms. The molecule has 4 rings (SSSR count). The van der Waals surface area contributed by atoms with Gasteiger partial charge < -0.3 is 10.6 Å². The summed E-state index contributed by atoms with van der Waals surface area (Å²) < 4.78 is 1.42. The van der Waals surface area contributed by atoms with E-state index < -0.39 is 6.04 Å². The molecule has 8 heteroatoms. The van der Waals surface area contributed by atoms with Crippen LogP contribution in [0.25, 0.3) is 10.2 Å². The topological polar surface area (TPSA) is 93.1 Å². The number of hydrogen-bond donors (Lipinski definition) is 2. The van der Waals surface area contributed by atoms with Crippen LogP contribution in [0, 0.1) is 11.3 Å². The number of aryl methyl sites for hydroxylation is 1. The van der Waals surface area contributed by atoms with Crippen LogP contribution in [-0.4, -0.2) is 21.4 Å². The fraction of sp³-hybridized carbons (Fsp3) is 0.440. The van der Waals surface area contributed by atoms with Gasteiger partial charge in [0.05, 0.1) is 11.7 Å². The fourth-order valence-electron chi connectivity index (χ4n) is 4.41. The minimum atomic E-state index is -0.717. The van der Waals surface area contributed by atoms with Gasteiger partial charge in [-0.3, -0.25) is 19.0 Å². The van der Waals surface area contributed by atoms with Crippen molar-refractivity contribution in [1.82, 2.24) is 9.55 Å². The number of nitrogens with zero attached hydrogens (tertiary/aromatic N) is 2. The Morgan fingerprint density at radius 1 is 1.15 bits per heavy atom. The lowest BCUT2D eigenvalue weighted by molar-refractivity contribution is -0.119. The second-order valence-corrected chi connectivity index (χ2v) is 11.0. The Bertz CT molecular complexity index is 1270. The van der Waals surface area contributed by atoms with Crippen molar-refractivity contribution in [1.29, 1.82) is 0 Å². The summed E-state index contributed by atoms with van der Waals surface area (Å²) in [4.78, 5) is 44.0. The van der Waals surface area contributed by atoms with Crippen molar-refractivity contribution < 1.29 is 9.59 Å². The smallest absolute Gasteiger partial charge is 0.263 e. The van der Waals surface area contributed by atoms with Crippen LogP contribution in [0.2, 0.25) is 0 Å². The number of carbonyl (C=O) groups is 2. The molecule has 1 aliphatic rings. The predicted octanol–water partition coefficient (Wildman–Crippen LogP) is 4.77. The molecule has 2 atom stereocenters. The molecule has 2 heterocycles. The molecule has 1 aromatic carbocycles. The summed E-state index contributed by atoms with van der Waals surface area (Å²) in [6.45, 7) is 9.95. The van der Waals surface area contributed by atoms with Crippen molar-refractivity contribution in [2.24, 2.45) is 11.3 Å². The molecule has 0 aliphatic heterocycles. The van der Waals surface area contributed by atoms with Gasteiger partial charge in [-0.25, -0.2) is 4.98 Å². The number of rotatable bonds is 4. The lowest BCUT2D eigenvalue weighted by atomic mass is 9.72. The van der Waals surface area contributed by atoms with E-state index in [0.29, 0.717) is 22.7 Å². The third-order valence-electron chi connectivity index (χ3n) is 6.49. The van der Waals surface area contributed by atoms with Crippen molar-refractivity contribution in [2.75, 3.05) is 10.6 Å². The van der Waals surface area contributed by atoms with E-state index in [1.807, 2.05) is 0 Å². The highest BCUT2D eigenvalue weighted by Gasteiger charge is 2.32. The van der Waals surface area contributed by atoms with Crippen LogP contribution in [0.1, 0.15) is 57.5 Å². The van der Waals surface area contributed by atoms with Crippen molar-refractivity contribution >= 4 is 44.7 Å². The van der Waals surface area contributed by atoms with Gasteiger partial charge in [-0.15, -0.1) is 11.3 Å². The summed E-state index contributed by atoms with van der Waals surface area (Å²) in [7, 11) is 0. The van der Waals surface area contributed by atoms with Crippen LogP contribution in [0.4, 0.5) is 11.4 Å². The summed E-state index contributed by atoms with van der Waals surface area (Å²) in [5.41, 5.74) is 2.42. The Balaban J connectivity index is 1.57. The Morgan fingerprint density at radius 3 is 2.39 bits per heavy atom. The Kier molecular flexibility index (Phi) is 6.14. The van der Waals surface area contributed by atoms with Crippen LogP contribution >= 0.6 is 11.3 Å². The predicted molar refractivity (Wildman–Crippen MR) is 133 cm³/mol. The highest BCUT2D eigenvalue weighted by atomic mass is 32.1. The number of hydrogen-bond acceptors (Lipinski definition) is 5. The Hall–Kier alpha value is -3.00. The van der Waals surface area contributed by atoms with E-state index in [-0.39, 0.29) is 22.8 Å². The number of thiophene rings is 1. The zero-order valence-electron chi connectivity index (χ0n) is 19.7. The van der Waals surface area contributed by atoms with E-state index in [4.69, 9.17) is 0 Å². The number of amides is 2. The van der Waals surface area contributed by atoms with Crippen LogP contribution in [0.15, 0.2) is 35.4 Å². The monoisotopic (exact) mass is 466 g/mol. The summed E-state index contributed by atoms with van der Waals surface area (Å²) in [6.07, 6.45) is 4.39. The molecule has 0 saturated carbocycles. The maximum Gasteiger partial charge on any atom is 0.263 e. The molecule has 1 aliphatic carbocycles. The Labute approximate surface area is 197 Å². The van der Waals surface area contributed by atoms with Crippen LogP contribution in [0.5, 0.6) is 0 Å². The van der Waals surface area contributed by atoms with Gasteiger partial charge in [0.25, 0.3) is 5.56 Å². The quantitative estimate of drug-likeness (QED) is 0.579. The summed E-state index contributed by atoms with van der Waals surface area (Å²) in [5.74, 6) is 0.122. The first kappa shape index (κ1) is 23.2. The molecule has 0 fully saturated rings. The first-order valence-electron chi connectivity index (χ1n) is 11.2. The van der Waals surface area contributed by atoms with Gasteiger partial charge in [-0.1, -0.05) is 20.8 Å². The van der Waals surface area contributed by atoms with Crippen LogP contribution in [-0.2, 0) is 22.4 Å². The normalized spacial score (nSPS) is 16.8. The number of carbonyl (C=O) groups excluding carboxylic acids is 2. The molecule has 2 amide bonds. The van der Waals surface area contributed by atoms with Crippen LogP contribution in [0.3, 0.4) is 0 Å². The second-order valence-electron chi connectivity index (χ2n) is 9.87. The molecule has 0 bridgehead atoms. The molecular weight excluding hydrogens is 436 g/mol. The highest BCUT2D eigenvalue weighted by molar-refractivity contribution is 7.18. The van der Waals surface area contributed by atoms with Gasteiger partial charge in [0.15, 0.2) is 0 Å². The zero-order chi connectivity index (χ0) is 23.9. The van der Waals surface area contributed by atoms with Gasteiger partial charge in [0, 0.05) is 23.2 Å². The molecule has 2 N–H and O–H groups in total.